The lowest BCUT2D eigenvalue weighted by atomic mass is 10.1. The Morgan fingerprint density at radius 3 is 2.32 bits per heavy atom. The number of nitrogens with two attached hydrogens (primary N) is 1. The van der Waals surface area contributed by atoms with Gasteiger partial charge in [0.25, 0.3) is 0 Å². The van der Waals surface area contributed by atoms with E-state index in [9.17, 15) is 8.78 Å². The Kier molecular flexibility index (Phi) is 4.12. The molecule has 0 fully saturated rings. The van der Waals surface area contributed by atoms with Crippen molar-refractivity contribution in [1.82, 2.24) is 0 Å². The van der Waals surface area contributed by atoms with E-state index in [0.717, 1.165) is 11.3 Å². The van der Waals surface area contributed by atoms with Gasteiger partial charge in [0.1, 0.15) is 11.6 Å². The fourth-order valence-electron chi connectivity index (χ4n) is 1.95. The average molecular weight is 262 g/mol. The van der Waals surface area contributed by atoms with Crippen molar-refractivity contribution >= 4 is 11.4 Å². The fourth-order valence-corrected chi connectivity index (χ4v) is 1.95. The summed E-state index contributed by atoms with van der Waals surface area (Å²) in [6.07, 6.45) is 0.650. The van der Waals surface area contributed by atoms with Crippen LogP contribution in [0.2, 0.25) is 0 Å². The van der Waals surface area contributed by atoms with Gasteiger partial charge in [-0.2, -0.15) is 0 Å². The average Bonchev–Trinajstić information content (AvgIpc) is 2.39. The maximum atomic E-state index is 14.0. The van der Waals surface area contributed by atoms with E-state index < -0.39 is 0 Å². The molecular weight excluding hydrogens is 246 g/mol. The van der Waals surface area contributed by atoms with Crippen molar-refractivity contribution < 1.29 is 8.78 Å². The second-order valence-electron chi connectivity index (χ2n) is 4.36. The van der Waals surface area contributed by atoms with E-state index in [1.54, 1.807) is 30.1 Å². The molecule has 0 aliphatic carbocycles. The van der Waals surface area contributed by atoms with Gasteiger partial charge in [-0.15, -0.1) is 0 Å². The fraction of sp³-hybridized carbons (Fsp3) is 0.200. The summed E-state index contributed by atoms with van der Waals surface area (Å²) in [5.41, 5.74) is 7.50. The van der Waals surface area contributed by atoms with E-state index in [2.05, 4.69) is 0 Å². The van der Waals surface area contributed by atoms with Crippen LogP contribution in [-0.4, -0.2) is 13.6 Å². The predicted octanol–water partition coefficient (Wildman–Crippen LogP) is 3.23. The van der Waals surface area contributed by atoms with Gasteiger partial charge in [0.2, 0.25) is 0 Å². The monoisotopic (exact) mass is 262 g/mol. The first kappa shape index (κ1) is 13.5. The van der Waals surface area contributed by atoms with Gasteiger partial charge in [-0.1, -0.05) is 6.07 Å². The van der Waals surface area contributed by atoms with Crippen molar-refractivity contribution in [1.29, 1.82) is 0 Å². The lowest BCUT2D eigenvalue weighted by Crippen LogP contribution is -2.12. The normalized spacial score (nSPS) is 10.5. The Morgan fingerprint density at radius 2 is 1.74 bits per heavy atom. The number of rotatable bonds is 4. The number of hydrogen-bond donors (Lipinski definition) is 1. The summed E-state index contributed by atoms with van der Waals surface area (Å²) in [6, 6.07) is 11.0. The largest absolute Gasteiger partial charge is 0.342 e. The molecule has 4 heteroatoms. The molecule has 0 aliphatic heterocycles. The molecular formula is C15H16F2N2. The molecule has 0 unspecified atom stereocenters. The minimum absolute atomic E-state index is 0.308. The third-order valence-corrected chi connectivity index (χ3v) is 3.02. The van der Waals surface area contributed by atoms with Crippen LogP contribution in [-0.2, 0) is 6.42 Å². The Bertz CT molecular complexity index is 553. The molecule has 0 atom stereocenters. The molecule has 2 rings (SSSR count). The lowest BCUT2D eigenvalue weighted by molar-refractivity contribution is 0.624. The van der Waals surface area contributed by atoms with E-state index in [1.165, 1.54) is 18.2 Å². The highest BCUT2D eigenvalue weighted by Crippen LogP contribution is 2.27. The summed E-state index contributed by atoms with van der Waals surface area (Å²) in [4.78, 5) is 1.68. The van der Waals surface area contributed by atoms with Gasteiger partial charge in [0.05, 0.1) is 5.69 Å². The molecule has 19 heavy (non-hydrogen) atoms. The zero-order valence-electron chi connectivity index (χ0n) is 10.7. The van der Waals surface area contributed by atoms with Crippen LogP contribution in [0.3, 0.4) is 0 Å². The van der Waals surface area contributed by atoms with Crippen LogP contribution in [0.1, 0.15) is 5.56 Å². The zero-order valence-corrected chi connectivity index (χ0v) is 10.7. The molecule has 0 radical (unpaired) electrons. The minimum Gasteiger partial charge on any atom is -0.342 e. The summed E-state index contributed by atoms with van der Waals surface area (Å²) >= 11 is 0. The van der Waals surface area contributed by atoms with Crippen molar-refractivity contribution in [3.05, 3.63) is 59.7 Å². The van der Waals surface area contributed by atoms with Crippen LogP contribution in [0.5, 0.6) is 0 Å². The second kappa shape index (κ2) is 5.80. The first-order valence-electron chi connectivity index (χ1n) is 6.09. The van der Waals surface area contributed by atoms with Crippen LogP contribution < -0.4 is 10.6 Å². The third-order valence-electron chi connectivity index (χ3n) is 3.02. The van der Waals surface area contributed by atoms with Gasteiger partial charge >= 0.3 is 0 Å². The zero-order chi connectivity index (χ0) is 13.8. The number of anilines is 2. The van der Waals surface area contributed by atoms with Crippen LogP contribution in [0.15, 0.2) is 42.5 Å². The topological polar surface area (TPSA) is 29.3 Å². The highest BCUT2D eigenvalue weighted by atomic mass is 19.1. The van der Waals surface area contributed by atoms with E-state index in [-0.39, 0.29) is 11.6 Å². The van der Waals surface area contributed by atoms with Gasteiger partial charge < -0.3 is 10.6 Å². The molecule has 2 aromatic carbocycles. The van der Waals surface area contributed by atoms with E-state index in [4.69, 9.17) is 5.73 Å². The van der Waals surface area contributed by atoms with Gasteiger partial charge in [-0.25, -0.2) is 8.78 Å². The van der Waals surface area contributed by atoms with Crippen LogP contribution in [0, 0.1) is 11.6 Å². The third kappa shape index (κ3) is 3.09. The molecule has 0 saturated heterocycles. The highest BCUT2D eigenvalue weighted by Gasteiger charge is 2.10. The van der Waals surface area contributed by atoms with Crippen molar-refractivity contribution in [3.8, 4) is 0 Å². The molecule has 0 amide bonds. The molecule has 0 bridgehead atoms. The Labute approximate surface area is 111 Å². The van der Waals surface area contributed by atoms with Gasteiger partial charge in [0.15, 0.2) is 0 Å². The maximum Gasteiger partial charge on any atom is 0.147 e. The molecule has 0 aliphatic rings. The minimum atomic E-state index is -0.309. The number of benzene rings is 2. The molecule has 0 saturated carbocycles. The van der Waals surface area contributed by atoms with Crippen LogP contribution in [0.25, 0.3) is 0 Å². The van der Waals surface area contributed by atoms with Gasteiger partial charge in [-0.05, 0) is 54.9 Å². The summed E-state index contributed by atoms with van der Waals surface area (Å²) in [7, 11) is 1.74. The van der Waals surface area contributed by atoms with E-state index >= 15 is 0 Å². The second-order valence-corrected chi connectivity index (χ2v) is 4.36. The Morgan fingerprint density at radius 1 is 1.05 bits per heavy atom. The maximum absolute atomic E-state index is 14.0. The number of halogens is 2. The van der Waals surface area contributed by atoms with E-state index in [0.29, 0.717) is 18.7 Å². The standard InChI is InChI=1S/C15H16F2N2/c1-19(13-5-3-12(16)4-6-13)15-7-2-11(8-9-18)10-14(15)17/h2-7,10H,8-9,18H2,1H3. The summed E-state index contributed by atoms with van der Waals surface area (Å²) in [5.74, 6) is -0.617. The lowest BCUT2D eigenvalue weighted by Gasteiger charge is -2.20. The summed E-state index contributed by atoms with van der Waals surface area (Å²) < 4.78 is 26.9. The SMILES string of the molecule is CN(c1ccc(F)cc1)c1ccc(CCN)cc1F. The first-order chi connectivity index (χ1) is 9.11. The molecule has 0 spiro atoms. The van der Waals surface area contributed by atoms with Crippen LogP contribution in [0.4, 0.5) is 20.2 Å². The Balaban J connectivity index is 2.28. The molecule has 0 aromatic heterocycles. The number of hydrogen-bond acceptors (Lipinski definition) is 2. The van der Waals surface area contributed by atoms with Crippen molar-refractivity contribution in [2.45, 2.75) is 6.42 Å². The van der Waals surface area contributed by atoms with Crippen molar-refractivity contribution in [2.75, 3.05) is 18.5 Å². The van der Waals surface area contributed by atoms with Crippen LogP contribution >= 0.6 is 0 Å². The van der Waals surface area contributed by atoms with Gasteiger partial charge in [-0.3, -0.25) is 0 Å². The molecule has 2 nitrogen and oxygen atoms in total. The predicted molar refractivity (Wildman–Crippen MR) is 73.6 cm³/mol. The summed E-state index contributed by atoms with van der Waals surface area (Å²) in [5, 5.41) is 0. The first-order valence-corrected chi connectivity index (χ1v) is 6.09. The Hall–Kier alpha value is -1.94. The highest BCUT2D eigenvalue weighted by molar-refractivity contribution is 5.63. The van der Waals surface area contributed by atoms with Crippen molar-refractivity contribution in [3.63, 3.8) is 0 Å². The quantitative estimate of drug-likeness (QED) is 0.916. The number of nitrogens with zero attached hydrogens (tertiary/aromatic N) is 1. The molecule has 2 aromatic rings. The van der Waals surface area contributed by atoms with Crippen molar-refractivity contribution in [2.24, 2.45) is 5.73 Å². The molecule has 0 heterocycles. The summed E-state index contributed by atoms with van der Waals surface area (Å²) in [6.45, 7) is 0.493. The smallest absolute Gasteiger partial charge is 0.147 e. The molecule has 2 N–H and O–H groups in total. The van der Waals surface area contributed by atoms with E-state index in [1.807, 2.05) is 6.07 Å². The molecule has 100 valence electrons. The van der Waals surface area contributed by atoms with Gasteiger partial charge in [0, 0.05) is 12.7 Å².